The molecule has 5 nitrogen and oxygen atoms in total. The summed E-state index contributed by atoms with van der Waals surface area (Å²) in [6, 6.07) is 7.09. The molecule has 4 aliphatic rings. The van der Waals surface area contributed by atoms with Crippen LogP contribution in [0.1, 0.15) is 48.9 Å². The number of rotatable bonds is 4. The number of nitrogens with one attached hydrogen (secondary N) is 1. The van der Waals surface area contributed by atoms with E-state index in [2.05, 4.69) is 10.3 Å². The summed E-state index contributed by atoms with van der Waals surface area (Å²) >= 11 is 1.35. The molecule has 0 amide bonds. The van der Waals surface area contributed by atoms with Gasteiger partial charge in [-0.25, -0.2) is 9.79 Å². The Balaban J connectivity index is 1.42. The molecule has 4 fully saturated rings. The maximum Gasteiger partial charge on any atom is 0.338 e. The minimum atomic E-state index is -0.276. The number of carbonyl (C=O) groups is 1. The van der Waals surface area contributed by atoms with Crippen molar-refractivity contribution in [1.82, 2.24) is 5.32 Å². The first-order valence-electron chi connectivity index (χ1n) is 9.64. The Hall–Kier alpha value is -2.00. The molecule has 0 heterocycles. The average molecular weight is 384 g/mol. The van der Waals surface area contributed by atoms with Crippen LogP contribution in [0.2, 0.25) is 0 Å². The number of carbonyl (C=O) groups excluding carboxylic acids is 1. The second kappa shape index (κ2) is 7.55. The summed E-state index contributed by atoms with van der Waals surface area (Å²) in [7, 11) is 0. The van der Waals surface area contributed by atoms with E-state index in [0.29, 0.717) is 23.0 Å². The van der Waals surface area contributed by atoms with Gasteiger partial charge in [0.15, 0.2) is 11.4 Å². The second-order valence-electron chi connectivity index (χ2n) is 8.40. The third kappa shape index (κ3) is 3.98. The molecule has 4 aliphatic carbocycles. The van der Waals surface area contributed by atoms with E-state index in [9.17, 15) is 4.79 Å². The van der Waals surface area contributed by atoms with Gasteiger partial charge in [-0.3, -0.25) is 5.32 Å². The molecule has 0 aromatic heterocycles. The minimum Gasteiger partial charge on any atom is -0.462 e. The summed E-state index contributed by atoms with van der Waals surface area (Å²) in [5, 5.41) is 11.8. The van der Waals surface area contributed by atoms with Gasteiger partial charge < -0.3 is 4.74 Å². The van der Waals surface area contributed by atoms with Gasteiger partial charge in [-0.15, -0.1) is 0 Å². The molecule has 4 saturated carbocycles. The fraction of sp³-hybridized carbons (Fsp3) is 0.571. The lowest BCUT2D eigenvalue weighted by Gasteiger charge is -2.56. The second-order valence-corrected chi connectivity index (χ2v) is 9.20. The Bertz CT molecular complexity index is 764. The number of hydrogen-bond donors (Lipinski definition) is 1. The molecule has 0 spiro atoms. The molecular formula is C21H25N3O2S. The first-order chi connectivity index (χ1) is 13.1. The Kier molecular flexibility index (Phi) is 5.14. The van der Waals surface area contributed by atoms with E-state index in [-0.39, 0.29) is 11.4 Å². The molecule has 6 heteroatoms. The highest BCUT2D eigenvalue weighted by atomic mass is 32.2. The van der Waals surface area contributed by atoms with Crippen LogP contribution in [-0.4, -0.2) is 24.0 Å². The molecule has 1 N–H and O–H groups in total. The van der Waals surface area contributed by atoms with Crippen LogP contribution in [0, 0.1) is 34.6 Å². The zero-order chi connectivity index (χ0) is 18.9. The molecule has 0 atom stereocenters. The van der Waals surface area contributed by atoms with Crippen molar-refractivity contribution in [3.8, 4) is 6.19 Å². The van der Waals surface area contributed by atoms with Crippen molar-refractivity contribution in [3.63, 3.8) is 0 Å². The molecule has 4 bridgehead atoms. The van der Waals surface area contributed by atoms with Crippen LogP contribution in [0.5, 0.6) is 0 Å². The average Bonchev–Trinajstić information content (AvgIpc) is 2.65. The number of hydrogen-bond acceptors (Lipinski definition) is 5. The van der Waals surface area contributed by atoms with Gasteiger partial charge in [0, 0.05) is 5.41 Å². The van der Waals surface area contributed by atoms with Crippen molar-refractivity contribution in [2.45, 2.75) is 38.5 Å². The third-order valence-corrected chi connectivity index (χ3v) is 6.92. The number of benzene rings is 1. The summed E-state index contributed by atoms with van der Waals surface area (Å²) in [6.07, 6.45) is 11.6. The highest BCUT2D eigenvalue weighted by Gasteiger charge is 2.51. The fourth-order valence-corrected chi connectivity index (χ4v) is 6.11. The molecule has 1 aromatic carbocycles. The van der Waals surface area contributed by atoms with Gasteiger partial charge >= 0.3 is 5.97 Å². The predicted molar refractivity (Wildman–Crippen MR) is 107 cm³/mol. The lowest BCUT2D eigenvalue weighted by atomic mass is 9.50. The number of esters is 1. The fourth-order valence-electron chi connectivity index (χ4n) is 5.76. The van der Waals surface area contributed by atoms with Gasteiger partial charge in [0.2, 0.25) is 0 Å². The van der Waals surface area contributed by atoms with Gasteiger partial charge in [0.05, 0.1) is 17.9 Å². The van der Waals surface area contributed by atoms with Gasteiger partial charge in [0.25, 0.3) is 0 Å². The Labute approximate surface area is 164 Å². The monoisotopic (exact) mass is 383 g/mol. The lowest BCUT2D eigenvalue weighted by molar-refractivity contribution is -0.0848. The number of amidine groups is 1. The standard InChI is InChI=1S/C21H25N3O2S/c1-27-20(23-13-22)24-18-4-2-3-17(8-18)19(25)26-12-21-9-14-5-15(10-21)7-16(6-14)11-21/h2-4,8,14-16H,5-7,9-12H2,1H3,(H,23,24). The first kappa shape index (κ1) is 18.4. The molecule has 1 aromatic rings. The number of nitrogens with zero attached hydrogens (tertiary/aromatic N) is 2. The van der Waals surface area contributed by atoms with E-state index in [4.69, 9.17) is 10.00 Å². The van der Waals surface area contributed by atoms with Crippen LogP contribution in [-0.2, 0) is 4.74 Å². The summed E-state index contributed by atoms with van der Waals surface area (Å²) in [6.45, 7) is 0.550. The molecule has 5 rings (SSSR count). The molecule has 0 saturated heterocycles. The minimum absolute atomic E-state index is 0.225. The lowest BCUT2D eigenvalue weighted by Crippen LogP contribution is -2.48. The maximum absolute atomic E-state index is 12.6. The third-order valence-electron chi connectivity index (χ3n) is 6.34. The normalized spacial score (nSPS) is 31.4. The summed E-state index contributed by atoms with van der Waals surface area (Å²) in [5.41, 5.74) is 1.37. The largest absolute Gasteiger partial charge is 0.462 e. The van der Waals surface area contributed by atoms with Crippen molar-refractivity contribution in [1.29, 1.82) is 5.26 Å². The quantitative estimate of drug-likeness (QED) is 0.273. The van der Waals surface area contributed by atoms with E-state index < -0.39 is 0 Å². The zero-order valence-corrected chi connectivity index (χ0v) is 16.4. The molecular weight excluding hydrogens is 358 g/mol. The molecule has 0 unspecified atom stereocenters. The van der Waals surface area contributed by atoms with E-state index in [0.717, 1.165) is 17.8 Å². The van der Waals surface area contributed by atoms with Crippen LogP contribution in [0.4, 0.5) is 5.69 Å². The van der Waals surface area contributed by atoms with E-state index in [1.165, 1.54) is 50.3 Å². The first-order valence-corrected chi connectivity index (χ1v) is 10.9. The van der Waals surface area contributed by atoms with Gasteiger partial charge in [-0.2, -0.15) is 5.26 Å². The molecule has 0 aliphatic heterocycles. The number of thioether (sulfide) groups is 1. The predicted octanol–water partition coefficient (Wildman–Crippen LogP) is 4.48. The van der Waals surface area contributed by atoms with Crippen LogP contribution in [0.3, 0.4) is 0 Å². The smallest absolute Gasteiger partial charge is 0.338 e. The number of ether oxygens (including phenoxy) is 1. The summed E-state index contributed by atoms with van der Waals surface area (Å²) < 4.78 is 5.79. The Morgan fingerprint density at radius 3 is 2.56 bits per heavy atom. The van der Waals surface area contributed by atoms with Crippen LogP contribution >= 0.6 is 11.8 Å². The van der Waals surface area contributed by atoms with Gasteiger partial charge in [-0.1, -0.05) is 17.8 Å². The highest BCUT2D eigenvalue weighted by molar-refractivity contribution is 8.13. The number of aliphatic imine (C=N–C) groups is 1. The maximum atomic E-state index is 12.6. The Morgan fingerprint density at radius 2 is 1.96 bits per heavy atom. The molecule has 0 radical (unpaired) electrons. The topological polar surface area (TPSA) is 74.5 Å². The summed E-state index contributed by atoms with van der Waals surface area (Å²) in [5.74, 6) is 2.28. The summed E-state index contributed by atoms with van der Waals surface area (Å²) in [4.78, 5) is 17.0. The van der Waals surface area contributed by atoms with E-state index in [1.54, 1.807) is 18.2 Å². The molecule has 27 heavy (non-hydrogen) atoms. The zero-order valence-electron chi connectivity index (χ0n) is 15.6. The van der Waals surface area contributed by atoms with Gasteiger partial charge in [-0.05, 0) is 80.7 Å². The van der Waals surface area contributed by atoms with Gasteiger partial charge in [0.1, 0.15) is 0 Å². The Morgan fingerprint density at radius 1 is 1.30 bits per heavy atom. The molecule has 142 valence electrons. The van der Waals surface area contributed by atoms with Crippen molar-refractivity contribution in [3.05, 3.63) is 29.8 Å². The van der Waals surface area contributed by atoms with Crippen molar-refractivity contribution in [2.24, 2.45) is 28.2 Å². The van der Waals surface area contributed by atoms with Crippen molar-refractivity contribution < 1.29 is 9.53 Å². The van der Waals surface area contributed by atoms with Crippen LogP contribution in [0.25, 0.3) is 0 Å². The highest BCUT2D eigenvalue weighted by Crippen LogP contribution is 2.60. The van der Waals surface area contributed by atoms with Crippen molar-refractivity contribution in [2.75, 3.05) is 12.9 Å². The van der Waals surface area contributed by atoms with Crippen LogP contribution < -0.4 is 5.32 Å². The van der Waals surface area contributed by atoms with Crippen LogP contribution in [0.15, 0.2) is 29.3 Å². The SMILES string of the molecule is CSC(=Nc1cccc(C(=O)OCC23CC4CC(CC(C4)C2)C3)c1)NC#N. The van der Waals surface area contributed by atoms with E-state index in [1.807, 2.05) is 18.5 Å². The van der Waals surface area contributed by atoms with E-state index >= 15 is 0 Å². The number of nitriles is 1. The van der Waals surface area contributed by atoms with Crippen molar-refractivity contribution >= 4 is 28.6 Å².